The van der Waals surface area contributed by atoms with Crippen LogP contribution in [0, 0.1) is 0 Å². The van der Waals surface area contributed by atoms with Crippen LogP contribution in [0.3, 0.4) is 0 Å². The van der Waals surface area contributed by atoms with Crippen LogP contribution in [0.2, 0.25) is 0 Å². The van der Waals surface area contributed by atoms with Crippen LogP contribution < -0.4 is 10.1 Å². The minimum Gasteiger partial charge on any atom is -0.481 e. The van der Waals surface area contributed by atoms with Crippen LogP contribution in [-0.4, -0.2) is 33.6 Å². The van der Waals surface area contributed by atoms with Gasteiger partial charge in [0.15, 0.2) is 5.65 Å². The molecule has 7 heteroatoms. The summed E-state index contributed by atoms with van der Waals surface area (Å²) in [5.74, 6) is 1.39. The molecule has 3 rings (SSSR count). The van der Waals surface area contributed by atoms with Gasteiger partial charge in [-0.3, -0.25) is 4.79 Å². The summed E-state index contributed by atoms with van der Waals surface area (Å²) in [7, 11) is 1.58. The summed E-state index contributed by atoms with van der Waals surface area (Å²) in [6, 6.07) is 3.74. The first-order chi connectivity index (χ1) is 10.1. The third kappa shape index (κ3) is 2.68. The number of rotatable bonds is 4. The van der Waals surface area contributed by atoms with Crippen molar-refractivity contribution < 1.29 is 9.53 Å². The number of imidazole rings is 1. The molecule has 1 saturated heterocycles. The molecule has 2 unspecified atom stereocenters. The fourth-order valence-corrected chi connectivity index (χ4v) is 2.80. The van der Waals surface area contributed by atoms with Gasteiger partial charge >= 0.3 is 0 Å². The molecule has 2 aromatic rings. The summed E-state index contributed by atoms with van der Waals surface area (Å²) in [4.78, 5) is 20.4. The van der Waals surface area contributed by atoms with Gasteiger partial charge in [0.2, 0.25) is 11.8 Å². The van der Waals surface area contributed by atoms with E-state index >= 15 is 0 Å². The van der Waals surface area contributed by atoms with Gasteiger partial charge in [0.25, 0.3) is 0 Å². The number of carbonyl (C=O) groups is 1. The zero-order chi connectivity index (χ0) is 15.0. The molecule has 0 aromatic carbocycles. The lowest BCUT2D eigenvalue weighted by molar-refractivity contribution is -0.119. The Bertz CT molecular complexity index is 683. The van der Waals surface area contributed by atoms with Crippen molar-refractivity contribution >= 4 is 28.7 Å². The highest BCUT2D eigenvalue weighted by molar-refractivity contribution is 6.20. The topological polar surface area (TPSA) is 69.0 Å². The SMILES string of the molecule is COc1ccc2nc(C(C)Cl)n(CC3CCC(=O)N3)c2n1. The smallest absolute Gasteiger partial charge is 0.220 e. The Labute approximate surface area is 127 Å². The lowest BCUT2D eigenvalue weighted by Gasteiger charge is -2.15. The van der Waals surface area contributed by atoms with Crippen molar-refractivity contribution in [3.63, 3.8) is 0 Å². The number of nitrogens with one attached hydrogen (secondary N) is 1. The Morgan fingerprint density at radius 1 is 1.52 bits per heavy atom. The molecule has 1 aliphatic heterocycles. The number of fused-ring (bicyclic) bond motifs is 1. The van der Waals surface area contributed by atoms with Crippen LogP contribution in [0.4, 0.5) is 0 Å². The molecule has 0 saturated carbocycles. The maximum Gasteiger partial charge on any atom is 0.220 e. The van der Waals surface area contributed by atoms with Gasteiger partial charge in [-0.15, -0.1) is 11.6 Å². The number of methoxy groups -OCH3 is 1. The average Bonchev–Trinajstić information content (AvgIpc) is 3.03. The van der Waals surface area contributed by atoms with Crippen LogP contribution in [-0.2, 0) is 11.3 Å². The van der Waals surface area contributed by atoms with Gasteiger partial charge in [0, 0.05) is 25.1 Å². The molecular formula is C14H17ClN4O2. The van der Waals surface area contributed by atoms with Crippen LogP contribution in [0.1, 0.15) is 31.0 Å². The van der Waals surface area contributed by atoms with E-state index < -0.39 is 0 Å². The molecule has 2 atom stereocenters. The molecule has 21 heavy (non-hydrogen) atoms. The molecule has 2 aromatic heterocycles. The van der Waals surface area contributed by atoms with Crippen LogP contribution in [0.15, 0.2) is 12.1 Å². The molecule has 0 bridgehead atoms. The maximum absolute atomic E-state index is 11.4. The number of amides is 1. The molecule has 112 valence electrons. The molecule has 0 spiro atoms. The third-order valence-corrected chi connectivity index (χ3v) is 3.84. The lowest BCUT2D eigenvalue weighted by atomic mass is 10.2. The lowest BCUT2D eigenvalue weighted by Crippen LogP contribution is -2.30. The Morgan fingerprint density at radius 3 is 2.95 bits per heavy atom. The summed E-state index contributed by atoms with van der Waals surface area (Å²) < 4.78 is 7.16. The largest absolute Gasteiger partial charge is 0.481 e. The number of hydrogen-bond donors (Lipinski definition) is 1. The first-order valence-corrected chi connectivity index (χ1v) is 7.36. The summed E-state index contributed by atoms with van der Waals surface area (Å²) in [5.41, 5.74) is 1.51. The van der Waals surface area contributed by atoms with Crippen molar-refractivity contribution in [3.8, 4) is 5.88 Å². The van der Waals surface area contributed by atoms with Crippen molar-refractivity contribution in [2.24, 2.45) is 0 Å². The van der Waals surface area contributed by atoms with E-state index in [-0.39, 0.29) is 17.3 Å². The molecule has 1 fully saturated rings. The van der Waals surface area contributed by atoms with E-state index in [0.29, 0.717) is 18.8 Å². The third-order valence-electron chi connectivity index (χ3n) is 3.65. The number of alkyl halides is 1. The fourth-order valence-electron chi connectivity index (χ4n) is 2.63. The molecule has 6 nitrogen and oxygen atoms in total. The van der Waals surface area contributed by atoms with Gasteiger partial charge in [-0.25, -0.2) is 4.98 Å². The van der Waals surface area contributed by atoms with Crippen molar-refractivity contribution in [1.82, 2.24) is 19.9 Å². The Hall–Kier alpha value is -1.82. The molecular weight excluding hydrogens is 292 g/mol. The summed E-state index contributed by atoms with van der Waals surface area (Å²) in [5, 5.41) is 2.73. The number of nitrogens with zero attached hydrogens (tertiary/aromatic N) is 3. The molecule has 1 N–H and O–H groups in total. The summed E-state index contributed by atoms with van der Waals surface area (Å²) in [6.45, 7) is 2.50. The minimum atomic E-state index is -0.234. The van der Waals surface area contributed by atoms with Crippen molar-refractivity contribution in [1.29, 1.82) is 0 Å². The number of ether oxygens (including phenoxy) is 1. The van der Waals surface area contributed by atoms with Gasteiger partial charge in [-0.05, 0) is 19.4 Å². The zero-order valence-corrected chi connectivity index (χ0v) is 12.7. The number of pyridine rings is 1. The van der Waals surface area contributed by atoms with Crippen LogP contribution in [0.5, 0.6) is 5.88 Å². The van der Waals surface area contributed by atoms with E-state index in [9.17, 15) is 4.79 Å². The maximum atomic E-state index is 11.4. The van der Waals surface area contributed by atoms with E-state index in [0.717, 1.165) is 23.4 Å². The highest BCUT2D eigenvalue weighted by Gasteiger charge is 2.24. The van der Waals surface area contributed by atoms with E-state index in [4.69, 9.17) is 16.3 Å². The zero-order valence-electron chi connectivity index (χ0n) is 12.0. The number of hydrogen-bond acceptors (Lipinski definition) is 4. The summed E-state index contributed by atoms with van der Waals surface area (Å²) >= 11 is 6.24. The van der Waals surface area contributed by atoms with Crippen LogP contribution in [0.25, 0.3) is 11.2 Å². The van der Waals surface area contributed by atoms with Gasteiger partial charge in [0.05, 0.1) is 12.5 Å². The summed E-state index contributed by atoms with van der Waals surface area (Å²) in [6.07, 6.45) is 1.39. The predicted molar refractivity (Wildman–Crippen MR) is 79.5 cm³/mol. The fraction of sp³-hybridized carbons (Fsp3) is 0.500. The van der Waals surface area contributed by atoms with E-state index in [1.165, 1.54) is 0 Å². The van der Waals surface area contributed by atoms with Crippen LogP contribution >= 0.6 is 11.6 Å². The second kappa shape index (κ2) is 5.52. The van der Waals surface area contributed by atoms with Crippen molar-refractivity contribution in [2.45, 2.75) is 37.7 Å². The second-order valence-electron chi connectivity index (χ2n) is 5.20. The second-order valence-corrected chi connectivity index (χ2v) is 5.85. The van der Waals surface area contributed by atoms with E-state index in [2.05, 4.69) is 15.3 Å². The average molecular weight is 309 g/mol. The van der Waals surface area contributed by atoms with Gasteiger partial charge in [-0.1, -0.05) is 0 Å². The Balaban J connectivity index is 2.03. The van der Waals surface area contributed by atoms with E-state index in [1.54, 1.807) is 13.2 Å². The number of carbonyl (C=O) groups excluding carboxylic acids is 1. The normalized spacial score (nSPS) is 19.8. The number of halogens is 1. The quantitative estimate of drug-likeness (QED) is 0.877. The molecule has 0 aliphatic carbocycles. The highest BCUT2D eigenvalue weighted by Crippen LogP contribution is 2.26. The standard InChI is InChI=1S/C14H17ClN4O2/c1-8(15)13-17-10-4-6-12(21-2)18-14(10)19(13)7-9-3-5-11(20)16-9/h4,6,8-9H,3,5,7H2,1-2H3,(H,16,20). The molecule has 1 aliphatic rings. The molecule has 1 amide bonds. The first kappa shape index (κ1) is 14.1. The van der Waals surface area contributed by atoms with Crippen molar-refractivity contribution in [3.05, 3.63) is 18.0 Å². The van der Waals surface area contributed by atoms with Gasteiger partial charge < -0.3 is 14.6 Å². The highest BCUT2D eigenvalue weighted by atomic mass is 35.5. The van der Waals surface area contributed by atoms with Gasteiger partial charge in [-0.2, -0.15) is 4.98 Å². The molecule has 3 heterocycles. The predicted octanol–water partition coefficient (Wildman–Crippen LogP) is 2.02. The van der Waals surface area contributed by atoms with Crippen molar-refractivity contribution in [2.75, 3.05) is 7.11 Å². The minimum absolute atomic E-state index is 0.0930. The Morgan fingerprint density at radius 2 is 2.33 bits per heavy atom. The monoisotopic (exact) mass is 308 g/mol. The van der Waals surface area contributed by atoms with Gasteiger partial charge in [0.1, 0.15) is 11.3 Å². The number of aromatic nitrogens is 3. The Kier molecular flexibility index (Phi) is 3.71. The first-order valence-electron chi connectivity index (χ1n) is 6.93. The molecule has 0 radical (unpaired) electrons. The van der Waals surface area contributed by atoms with E-state index in [1.807, 2.05) is 17.6 Å².